The number of aromatic nitrogens is 1. The molecule has 0 aliphatic heterocycles. The zero-order valence-electron chi connectivity index (χ0n) is 13.8. The molecule has 0 atom stereocenters. The van der Waals surface area contributed by atoms with Gasteiger partial charge in [0.25, 0.3) is 0 Å². The van der Waals surface area contributed by atoms with Crippen LogP contribution in [0, 0.1) is 0 Å². The molecule has 1 aromatic rings. The van der Waals surface area contributed by atoms with Crippen LogP contribution < -0.4 is 10.5 Å². The molecule has 0 aliphatic rings. The van der Waals surface area contributed by atoms with E-state index in [4.69, 9.17) is 14.9 Å². The largest absolute Gasteiger partial charge is 0.474 e. The highest BCUT2D eigenvalue weighted by molar-refractivity contribution is 9.10. The third kappa shape index (κ3) is 5.35. The third-order valence-electron chi connectivity index (χ3n) is 3.84. The van der Waals surface area contributed by atoms with Gasteiger partial charge in [-0.15, -0.1) is 0 Å². The van der Waals surface area contributed by atoms with Gasteiger partial charge < -0.3 is 14.9 Å². The highest BCUT2D eigenvalue weighted by atomic mass is 79.9. The Hall–Kier alpha value is -0.803. The quantitative estimate of drug-likeness (QED) is 0.552. The number of nitrogen functional groups attached to an aromatic ring is 1. The van der Waals surface area contributed by atoms with Gasteiger partial charge in [0.05, 0.1) is 12.3 Å². The number of alkyl halides is 3. The molecule has 132 valence electrons. The van der Waals surface area contributed by atoms with E-state index in [1.165, 1.54) is 0 Å². The molecular formula is C14H22BrF3N2O2Si. The van der Waals surface area contributed by atoms with E-state index in [2.05, 4.69) is 54.8 Å². The molecule has 2 N–H and O–H groups in total. The third-order valence-corrected chi connectivity index (χ3v) is 9.17. The first-order valence-electron chi connectivity index (χ1n) is 7.05. The molecule has 0 unspecified atom stereocenters. The van der Waals surface area contributed by atoms with Crippen molar-refractivity contribution >= 4 is 29.9 Å². The van der Waals surface area contributed by atoms with E-state index in [-0.39, 0.29) is 34.3 Å². The van der Waals surface area contributed by atoms with Crippen LogP contribution in [0.5, 0.6) is 5.88 Å². The van der Waals surface area contributed by atoms with Crippen molar-refractivity contribution in [2.24, 2.45) is 0 Å². The van der Waals surface area contributed by atoms with Crippen LogP contribution in [-0.4, -0.2) is 26.5 Å². The maximum atomic E-state index is 12.7. The first-order chi connectivity index (χ1) is 10.3. The van der Waals surface area contributed by atoms with Crippen molar-refractivity contribution in [2.75, 3.05) is 18.9 Å². The van der Waals surface area contributed by atoms with E-state index < -0.39 is 20.2 Å². The van der Waals surface area contributed by atoms with E-state index in [0.717, 1.165) is 6.07 Å². The average molecular weight is 415 g/mol. The molecule has 1 heterocycles. The molecular weight excluding hydrogens is 393 g/mol. The van der Waals surface area contributed by atoms with Gasteiger partial charge in [-0.3, -0.25) is 0 Å². The van der Waals surface area contributed by atoms with Crippen molar-refractivity contribution in [3.05, 3.63) is 16.2 Å². The predicted molar refractivity (Wildman–Crippen MR) is 90.0 cm³/mol. The first kappa shape index (κ1) is 20.2. The second-order valence-corrected chi connectivity index (χ2v) is 12.3. The highest BCUT2D eigenvalue weighted by Crippen LogP contribution is 2.37. The van der Waals surface area contributed by atoms with Gasteiger partial charge in [0, 0.05) is 0 Å². The van der Waals surface area contributed by atoms with E-state index >= 15 is 0 Å². The molecule has 0 bridgehead atoms. The SMILES string of the molecule is CC(C)(C)[Si](C)(C)OCCOc1nc(C(F)(F)F)cc(N)c1Br. The number of hydrogen-bond donors (Lipinski definition) is 1. The van der Waals surface area contributed by atoms with Crippen LogP contribution in [0.1, 0.15) is 26.5 Å². The average Bonchev–Trinajstić information content (AvgIpc) is 2.36. The van der Waals surface area contributed by atoms with Gasteiger partial charge in [0.2, 0.25) is 5.88 Å². The Bertz CT molecular complexity index is 560. The summed E-state index contributed by atoms with van der Waals surface area (Å²) in [5, 5.41) is 0.0481. The lowest BCUT2D eigenvalue weighted by molar-refractivity contribution is -0.141. The van der Waals surface area contributed by atoms with E-state index in [1.54, 1.807) is 0 Å². The van der Waals surface area contributed by atoms with Gasteiger partial charge in [-0.05, 0) is 40.1 Å². The Labute approximate surface area is 143 Å². The summed E-state index contributed by atoms with van der Waals surface area (Å²) in [7, 11) is -1.93. The Morgan fingerprint density at radius 1 is 1.22 bits per heavy atom. The van der Waals surface area contributed by atoms with Gasteiger partial charge >= 0.3 is 6.18 Å². The summed E-state index contributed by atoms with van der Waals surface area (Å²) in [6, 6.07) is 0.767. The van der Waals surface area contributed by atoms with Gasteiger partial charge in [-0.1, -0.05) is 20.8 Å². The van der Waals surface area contributed by atoms with E-state index in [1.807, 2.05) is 0 Å². The van der Waals surface area contributed by atoms with Crippen LogP contribution >= 0.6 is 15.9 Å². The summed E-state index contributed by atoms with van der Waals surface area (Å²) < 4.78 is 49.7. The van der Waals surface area contributed by atoms with Crippen LogP contribution in [0.15, 0.2) is 10.5 Å². The number of pyridine rings is 1. The molecule has 0 aromatic carbocycles. The van der Waals surface area contributed by atoms with E-state index in [9.17, 15) is 13.2 Å². The van der Waals surface area contributed by atoms with Gasteiger partial charge in [0.15, 0.2) is 14.0 Å². The number of halogens is 4. The van der Waals surface area contributed by atoms with Crippen LogP contribution in [0.2, 0.25) is 18.1 Å². The number of nitrogens with zero attached hydrogens (tertiary/aromatic N) is 1. The summed E-state index contributed by atoms with van der Waals surface area (Å²) in [4.78, 5) is 3.47. The summed E-state index contributed by atoms with van der Waals surface area (Å²) >= 11 is 3.09. The second-order valence-electron chi connectivity index (χ2n) is 6.67. The van der Waals surface area contributed by atoms with Crippen LogP contribution in [-0.2, 0) is 10.6 Å². The fourth-order valence-corrected chi connectivity index (χ4v) is 2.76. The van der Waals surface area contributed by atoms with Crippen molar-refractivity contribution in [3.8, 4) is 5.88 Å². The summed E-state index contributed by atoms with van der Waals surface area (Å²) in [5.74, 6) is -0.184. The summed E-state index contributed by atoms with van der Waals surface area (Å²) in [5.41, 5.74) is 4.40. The standard InChI is InChI=1S/C14H22BrF3N2O2Si/c1-13(2,3)23(4,5)22-7-6-21-12-11(15)9(19)8-10(20-12)14(16,17)18/h8H,6-7H2,1-5H3,(H2,19,20). The lowest BCUT2D eigenvalue weighted by atomic mass is 10.2. The normalized spacial score (nSPS) is 13.3. The number of hydrogen-bond acceptors (Lipinski definition) is 4. The molecule has 0 amide bonds. The zero-order chi connectivity index (χ0) is 18.1. The second kappa shape index (κ2) is 6.98. The lowest BCUT2D eigenvalue weighted by Crippen LogP contribution is -2.41. The van der Waals surface area contributed by atoms with Crippen molar-refractivity contribution < 1.29 is 22.3 Å². The zero-order valence-corrected chi connectivity index (χ0v) is 16.4. The molecule has 0 spiro atoms. The molecule has 0 saturated heterocycles. The maximum Gasteiger partial charge on any atom is 0.433 e. The molecule has 9 heteroatoms. The fourth-order valence-electron chi connectivity index (χ4n) is 1.42. The Kier molecular flexibility index (Phi) is 6.14. The Morgan fingerprint density at radius 3 is 2.26 bits per heavy atom. The van der Waals surface area contributed by atoms with Gasteiger partial charge in [-0.2, -0.15) is 13.2 Å². The molecule has 0 saturated carbocycles. The van der Waals surface area contributed by atoms with Crippen molar-refractivity contribution in [1.29, 1.82) is 0 Å². The van der Waals surface area contributed by atoms with Crippen LogP contribution in [0.3, 0.4) is 0 Å². The molecule has 0 radical (unpaired) electrons. The minimum Gasteiger partial charge on any atom is -0.474 e. The predicted octanol–water partition coefficient (Wildman–Crippen LogP) is 4.85. The van der Waals surface area contributed by atoms with Gasteiger partial charge in [-0.25, -0.2) is 4.98 Å². The molecule has 0 aliphatic carbocycles. The topological polar surface area (TPSA) is 57.4 Å². The summed E-state index contributed by atoms with van der Waals surface area (Å²) in [6.45, 7) is 10.9. The first-order valence-corrected chi connectivity index (χ1v) is 10.8. The van der Waals surface area contributed by atoms with Crippen molar-refractivity contribution in [1.82, 2.24) is 4.98 Å². The fraction of sp³-hybridized carbons (Fsp3) is 0.643. The lowest BCUT2D eigenvalue weighted by Gasteiger charge is -2.36. The number of anilines is 1. The highest BCUT2D eigenvalue weighted by Gasteiger charge is 2.37. The molecule has 4 nitrogen and oxygen atoms in total. The number of nitrogens with two attached hydrogens (primary N) is 1. The van der Waals surface area contributed by atoms with Gasteiger partial charge in [0.1, 0.15) is 11.1 Å². The molecule has 1 rings (SSSR count). The Balaban J connectivity index is 2.74. The minimum atomic E-state index is -4.58. The number of ether oxygens (including phenoxy) is 1. The molecule has 0 fully saturated rings. The minimum absolute atomic E-state index is 0.0481. The maximum absolute atomic E-state index is 12.7. The monoisotopic (exact) mass is 414 g/mol. The smallest absolute Gasteiger partial charge is 0.433 e. The van der Waals surface area contributed by atoms with E-state index in [0.29, 0.717) is 0 Å². The van der Waals surface area contributed by atoms with Crippen molar-refractivity contribution in [3.63, 3.8) is 0 Å². The molecule has 1 aromatic heterocycles. The van der Waals surface area contributed by atoms with Crippen LogP contribution in [0.25, 0.3) is 0 Å². The molecule has 23 heavy (non-hydrogen) atoms. The van der Waals surface area contributed by atoms with Crippen LogP contribution in [0.4, 0.5) is 18.9 Å². The number of rotatable bonds is 5. The Morgan fingerprint density at radius 2 is 1.78 bits per heavy atom. The van der Waals surface area contributed by atoms with Crippen molar-refractivity contribution in [2.45, 2.75) is 45.1 Å². The summed E-state index contributed by atoms with van der Waals surface area (Å²) in [6.07, 6.45) is -4.58.